The van der Waals surface area contributed by atoms with Crippen LogP contribution in [0.2, 0.25) is 5.02 Å². The number of rotatable bonds is 9. The molecule has 0 unspecified atom stereocenters. The predicted molar refractivity (Wildman–Crippen MR) is 97.9 cm³/mol. The molecule has 9 nitrogen and oxygen atoms in total. The van der Waals surface area contributed by atoms with Gasteiger partial charge in [0.1, 0.15) is 12.1 Å². The molecule has 0 aliphatic rings. The molecule has 142 valence electrons. The number of methoxy groups -OCH3 is 1. The van der Waals surface area contributed by atoms with E-state index in [2.05, 4.69) is 20.5 Å². The summed E-state index contributed by atoms with van der Waals surface area (Å²) in [7, 11) is -1.08. The molecular weight excluding hydrogens is 402 g/mol. The fraction of sp³-hybridized carbons (Fsp3) is 0.357. The van der Waals surface area contributed by atoms with E-state index in [0.29, 0.717) is 23.2 Å². The van der Waals surface area contributed by atoms with E-state index in [-0.39, 0.29) is 16.5 Å². The summed E-state index contributed by atoms with van der Waals surface area (Å²) in [5.41, 5.74) is 0. The highest BCUT2D eigenvalue weighted by atomic mass is 35.5. The summed E-state index contributed by atoms with van der Waals surface area (Å²) < 4.78 is 31.0. The van der Waals surface area contributed by atoms with Gasteiger partial charge >= 0.3 is 0 Å². The van der Waals surface area contributed by atoms with Gasteiger partial charge in [-0.1, -0.05) is 23.4 Å². The number of nitrogens with zero attached hydrogens (tertiary/aromatic N) is 3. The van der Waals surface area contributed by atoms with Gasteiger partial charge < -0.3 is 10.1 Å². The molecule has 0 spiro atoms. The Morgan fingerprint density at radius 1 is 1.46 bits per heavy atom. The summed E-state index contributed by atoms with van der Waals surface area (Å²) in [4.78, 5) is 15.9. The number of likely N-dealkylation sites (N-methyl/N-ethyl adjacent to an activating group) is 1. The molecule has 1 aromatic carbocycles. The maximum Gasteiger partial charge on any atom is 0.243 e. The van der Waals surface area contributed by atoms with Gasteiger partial charge in [-0.3, -0.25) is 9.89 Å². The van der Waals surface area contributed by atoms with Crippen LogP contribution in [0.25, 0.3) is 0 Å². The van der Waals surface area contributed by atoms with Gasteiger partial charge in [-0.2, -0.15) is 9.40 Å². The number of hydrogen-bond acceptors (Lipinski definition) is 7. The molecule has 2 rings (SSSR count). The Morgan fingerprint density at radius 3 is 2.85 bits per heavy atom. The highest BCUT2D eigenvalue weighted by molar-refractivity contribution is 7.99. The van der Waals surface area contributed by atoms with Gasteiger partial charge in [0.15, 0.2) is 5.16 Å². The molecular formula is C14H18ClN5O4S2. The first-order chi connectivity index (χ1) is 12.3. The van der Waals surface area contributed by atoms with Crippen LogP contribution in [0.3, 0.4) is 0 Å². The minimum Gasteiger partial charge on any atom is -0.495 e. The third-order valence-corrected chi connectivity index (χ3v) is 6.23. The number of aromatic amines is 1. The van der Waals surface area contributed by atoms with Crippen LogP contribution in [0, 0.1) is 0 Å². The van der Waals surface area contributed by atoms with E-state index in [0.717, 1.165) is 4.31 Å². The average Bonchev–Trinajstić information content (AvgIpc) is 3.12. The second-order valence-corrected chi connectivity index (χ2v) is 8.58. The molecule has 0 saturated heterocycles. The number of aromatic nitrogens is 3. The van der Waals surface area contributed by atoms with Gasteiger partial charge in [0.2, 0.25) is 15.9 Å². The van der Waals surface area contributed by atoms with Crippen molar-refractivity contribution in [2.24, 2.45) is 0 Å². The van der Waals surface area contributed by atoms with Crippen molar-refractivity contribution in [2.45, 2.75) is 10.1 Å². The van der Waals surface area contributed by atoms with E-state index in [1.165, 1.54) is 50.4 Å². The molecule has 1 aromatic heterocycles. The van der Waals surface area contributed by atoms with Crippen LogP contribution in [0.15, 0.2) is 34.6 Å². The largest absolute Gasteiger partial charge is 0.495 e. The monoisotopic (exact) mass is 419 g/mol. The minimum atomic E-state index is -3.84. The van der Waals surface area contributed by atoms with Crippen LogP contribution in [0.1, 0.15) is 0 Å². The average molecular weight is 420 g/mol. The second-order valence-electron chi connectivity index (χ2n) is 5.05. The summed E-state index contributed by atoms with van der Waals surface area (Å²) in [6, 6.07) is 4.13. The third-order valence-electron chi connectivity index (χ3n) is 3.25. The zero-order valence-electron chi connectivity index (χ0n) is 14.1. The second kappa shape index (κ2) is 9.21. The zero-order valence-corrected chi connectivity index (χ0v) is 16.5. The van der Waals surface area contributed by atoms with Gasteiger partial charge in [0, 0.05) is 19.3 Å². The van der Waals surface area contributed by atoms with E-state index >= 15 is 0 Å². The number of thioether (sulfide) groups is 1. The van der Waals surface area contributed by atoms with Gasteiger partial charge in [-0.25, -0.2) is 13.4 Å². The van der Waals surface area contributed by atoms with Gasteiger partial charge in [-0.05, 0) is 18.2 Å². The summed E-state index contributed by atoms with van der Waals surface area (Å²) in [6.07, 6.45) is 1.39. The van der Waals surface area contributed by atoms with E-state index in [1.54, 1.807) is 0 Å². The van der Waals surface area contributed by atoms with E-state index in [4.69, 9.17) is 16.3 Å². The molecule has 2 N–H and O–H groups in total. The minimum absolute atomic E-state index is 0.0144. The van der Waals surface area contributed by atoms with Gasteiger partial charge in [0.25, 0.3) is 0 Å². The van der Waals surface area contributed by atoms with E-state index < -0.39 is 15.9 Å². The fourth-order valence-electron chi connectivity index (χ4n) is 1.93. The number of sulfonamides is 1. The Kier molecular flexibility index (Phi) is 7.26. The Bertz CT molecular complexity index is 845. The maximum absolute atomic E-state index is 12.5. The molecule has 26 heavy (non-hydrogen) atoms. The highest BCUT2D eigenvalue weighted by Crippen LogP contribution is 2.27. The lowest BCUT2D eigenvalue weighted by atomic mass is 10.3. The predicted octanol–water partition coefficient (Wildman–Crippen LogP) is 0.996. The molecule has 2 aromatic rings. The molecule has 0 aliphatic heterocycles. The molecule has 1 heterocycles. The van der Waals surface area contributed by atoms with Crippen LogP contribution in [0.5, 0.6) is 5.75 Å². The number of amides is 1. The summed E-state index contributed by atoms with van der Waals surface area (Å²) in [5.74, 6) is 0.537. The first-order valence-corrected chi connectivity index (χ1v) is 10.2. The smallest absolute Gasteiger partial charge is 0.243 e. The number of carbonyl (C=O) groups excluding carboxylic acids is 1. The molecule has 0 aliphatic carbocycles. The van der Waals surface area contributed by atoms with Crippen molar-refractivity contribution in [1.29, 1.82) is 0 Å². The highest BCUT2D eigenvalue weighted by Gasteiger charge is 2.23. The number of ether oxygens (including phenoxy) is 1. The standard InChI is InChI=1S/C14H18ClN5O4S2/c1-20(8-13(21)16-5-6-25-14-17-9-18-19-14)26(22,23)10-3-4-12(24-2)11(15)7-10/h3-4,7,9H,5-6,8H2,1-2H3,(H,16,21)(H,17,18,19). The van der Waals surface area contributed by atoms with Crippen molar-refractivity contribution >= 4 is 39.3 Å². The Morgan fingerprint density at radius 2 is 2.23 bits per heavy atom. The van der Waals surface area contributed by atoms with Crippen molar-refractivity contribution < 1.29 is 17.9 Å². The lowest BCUT2D eigenvalue weighted by Crippen LogP contribution is -2.39. The topological polar surface area (TPSA) is 117 Å². The summed E-state index contributed by atoms with van der Waals surface area (Å²) in [6.45, 7) is 0.0609. The van der Waals surface area contributed by atoms with Crippen molar-refractivity contribution in [3.63, 3.8) is 0 Å². The molecule has 0 atom stereocenters. The zero-order chi connectivity index (χ0) is 19.2. The number of nitrogens with one attached hydrogen (secondary N) is 2. The van der Waals surface area contributed by atoms with Crippen molar-refractivity contribution in [1.82, 2.24) is 24.8 Å². The summed E-state index contributed by atoms with van der Waals surface area (Å²) in [5, 5.41) is 9.88. The lowest BCUT2D eigenvalue weighted by molar-refractivity contribution is -0.121. The number of H-pyrrole nitrogens is 1. The third kappa shape index (κ3) is 5.34. The van der Waals surface area contributed by atoms with Crippen LogP contribution >= 0.6 is 23.4 Å². The van der Waals surface area contributed by atoms with E-state index in [9.17, 15) is 13.2 Å². The van der Waals surface area contributed by atoms with Crippen molar-refractivity contribution in [3.8, 4) is 5.75 Å². The quantitative estimate of drug-likeness (QED) is 0.459. The lowest BCUT2D eigenvalue weighted by Gasteiger charge is -2.17. The molecule has 0 bridgehead atoms. The van der Waals surface area contributed by atoms with Gasteiger partial charge in [0.05, 0.1) is 23.6 Å². The Labute approximate surface area is 160 Å². The fourth-order valence-corrected chi connectivity index (χ4v) is 4.05. The number of halogens is 1. The van der Waals surface area contributed by atoms with Crippen molar-refractivity contribution in [2.75, 3.05) is 33.0 Å². The molecule has 1 amide bonds. The van der Waals surface area contributed by atoms with Crippen LogP contribution < -0.4 is 10.1 Å². The first kappa shape index (κ1) is 20.5. The Hall–Kier alpha value is -1.82. The SMILES string of the molecule is COc1ccc(S(=O)(=O)N(C)CC(=O)NCCSc2ncn[nH]2)cc1Cl. The number of benzene rings is 1. The van der Waals surface area contributed by atoms with E-state index in [1.807, 2.05) is 0 Å². The van der Waals surface area contributed by atoms with Crippen LogP contribution in [-0.4, -0.2) is 66.8 Å². The number of carbonyl (C=O) groups is 1. The van der Waals surface area contributed by atoms with Gasteiger partial charge in [-0.15, -0.1) is 0 Å². The molecule has 12 heteroatoms. The maximum atomic E-state index is 12.5. The molecule has 0 radical (unpaired) electrons. The first-order valence-electron chi connectivity index (χ1n) is 7.39. The van der Waals surface area contributed by atoms with Crippen LogP contribution in [-0.2, 0) is 14.8 Å². The Balaban J connectivity index is 1.87. The normalized spacial score (nSPS) is 11.5. The van der Waals surface area contributed by atoms with Crippen molar-refractivity contribution in [3.05, 3.63) is 29.5 Å². The number of hydrogen-bond donors (Lipinski definition) is 2. The molecule has 0 saturated carbocycles. The molecule has 0 fully saturated rings. The van der Waals surface area contributed by atoms with Crippen LogP contribution in [0.4, 0.5) is 0 Å². The summed E-state index contributed by atoms with van der Waals surface area (Å²) >= 11 is 7.36.